The number of carbonyl (C=O) groups is 1. The predicted octanol–water partition coefficient (Wildman–Crippen LogP) is 3.58. The number of benzene rings is 1. The van der Waals surface area contributed by atoms with E-state index in [4.69, 9.17) is 0 Å². The number of aromatic nitrogens is 2. The Kier molecular flexibility index (Phi) is 2.81. The van der Waals surface area contributed by atoms with Gasteiger partial charge in [-0.25, -0.2) is 9.78 Å². The van der Waals surface area contributed by atoms with E-state index in [1.165, 1.54) is 6.42 Å². The van der Waals surface area contributed by atoms with E-state index in [1.54, 1.807) is 12.1 Å². The highest BCUT2D eigenvalue weighted by atomic mass is 16.4. The first-order valence-electron chi connectivity index (χ1n) is 6.83. The molecule has 0 unspecified atom stereocenters. The van der Waals surface area contributed by atoms with E-state index in [2.05, 4.69) is 23.4 Å². The summed E-state index contributed by atoms with van der Waals surface area (Å²) in [5.41, 5.74) is 1.96. The standard InChI is InChI=1S/C15H18N2O2/c1-9(2)14-16-12-8-4-7-11(15(18)19)13(12)17(14)10-5-3-6-10/h4,7-10H,3,5-6H2,1-2H3,(H,18,19). The monoisotopic (exact) mass is 258 g/mol. The van der Waals surface area contributed by atoms with Gasteiger partial charge in [0.15, 0.2) is 0 Å². The molecule has 4 heteroatoms. The smallest absolute Gasteiger partial charge is 0.337 e. The van der Waals surface area contributed by atoms with E-state index in [-0.39, 0.29) is 0 Å². The van der Waals surface area contributed by atoms with Crippen molar-refractivity contribution in [1.82, 2.24) is 9.55 Å². The van der Waals surface area contributed by atoms with Crippen LogP contribution in [0.2, 0.25) is 0 Å². The number of aromatic carboxylic acids is 1. The number of carboxylic acids is 1. The highest BCUT2D eigenvalue weighted by Gasteiger charge is 2.27. The van der Waals surface area contributed by atoms with Crippen LogP contribution in [0.4, 0.5) is 0 Å². The molecule has 1 aliphatic rings. The van der Waals surface area contributed by atoms with Crippen molar-refractivity contribution in [3.8, 4) is 0 Å². The molecule has 0 amide bonds. The van der Waals surface area contributed by atoms with Gasteiger partial charge in [0.1, 0.15) is 5.82 Å². The number of fused-ring (bicyclic) bond motifs is 1. The number of rotatable bonds is 3. The van der Waals surface area contributed by atoms with Crippen molar-refractivity contribution in [2.24, 2.45) is 0 Å². The Morgan fingerprint density at radius 1 is 1.42 bits per heavy atom. The van der Waals surface area contributed by atoms with Gasteiger partial charge in [0.2, 0.25) is 0 Å². The van der Waals surface area contributed by atoms with Crippen LogP contribution < -0.4 is 0 Å². The van der Waals surface area contributed by atoms with Gasteiger partial charge in [-0.1, -0.05) is 19.9 Å². The fraction of sp³-hybridized carbons (Fsp3) is 0.467. The molecule has 100 valence electrons. The molecule has 0 bridgehead atoms. The van der Waals surface area contributed by atoms with Gasteiger partial charge in [0.25, 0.3) is 0 Å². The normalized spacial score (nSPS) is 15.9. The molecule has 3 rings (SSSR count). The molecule has 0 spiro atoms. The maximum atomic E-state index is 11.4. The fourth-order valence-electron chi connectivity index (χ4n) is 2.76. The van der Waals surface area contributed by atoms with Gasteiger partial charge in [-0.3, -0.25) is 0 Å². The highest BCUT2D eigenvalue weighted by Crippen LogP contribution is 2.38. The Morgan fingerprint density at radius 3 is 2.68 bits per heavy atom. The van der Waals surface area contributed by atoms with E-state index in [9.17, 15) is 9.90 Å². The highest BCUT2D eigenvalue weighted by molar-refractivity contribution is 6.01. The minimum atomic E-state index is -0.874. The van der Waals surface area contributed by atoms with Gasteiger partial charge in [0.05, 0.1) is 16.6 Å². The first-order valence-corrected chi connectivity index (χ1v) is 6.83. The summed E-state index contributed by atoms with van der Waals surface area (Å²) in [6.45, 7) is 4.22. The molecule has 4 nitrogen and oxygen atoms in total. The zero-order valence-electron chi connectivity index (χ0n) is 11.3. The van der Waals surface area contributed by atoms with Crippen LogP contribution in [0.15, 0.2) is 18.2 Å². The molecule has 1 aliphatic carbocycles. The zero-order chi connectivity index (χ0) is 13.6. The molecule has 19 heavy (non-hydrogen) atoms. The second-order valence-electron chi connectivity index (χ2n) is 5.56. The number of para-hydroxylation sites is 1. The summed E-state index contributed by atoms with van der Waals surface area (Å²) in [5, 5.41) is 9.39. The molecule has 1 fully saturated rings. The van der Waals surface area contributed by atoms with E-state index in [0.29, 0.717) is 17.5 Å². The van der Waals surface area contributed by atoms with Crippen molar-refractivity contribution in [2.45, 2.75) is 45.1 Å². The van der Waals surface area contributed by atoms with Crippen LogP contribution in [0.25, 0.3) is 11.0 Å². The quantitative estimate of drug-likeness (QED) is 0.915. The average Bonchev–Trinajstić information content (AvgIpc) is 2.66. The summed E-state index contributed by atoms with van der Waals surface area (Å²) < 4.78 is 2.17. The van der Waals surface area contributed by atoms with Crippen molar-refractivity contribution in [2.75, 3.05) is 0 Å². The van der Waals surface area contributed by atoms with E-state index in [1.807, 2.05) is 6.07 Å². The summed E-state index contributed by atoms with van der Waals surface area (Å²) in [6.07, 6.45) is 3.47. The zero-order valence-corrected chi connectivity index (χ0v) is 11.3. The van der Waals surface area contributed by atoms with Crippen LogP contribution in [0, 0.1) is 0 Å². The second-order valence-corrected chi connectivity index (χ2v) is 5.56. The Bertz CT molecular complexity index is 639. The summed E-state index contributed by atoms with van der Waals surface area (Å²) in [7, 11) is 0. The molecule has 1 heterocycles. The van der Waals surface area contributed by atoms with Crippen molar-refractivity contribution >= 4 is 17.0 Å². The first-order chi connectivity index (χ1) is 9.09. The molecule has 0 atom stereocenters. The fourth-order valence-corrected chi connectivity index (χ4v) is 2.76. The van der Waals surface area contributed by atoms with Gasteiger partial charge < -0.3 is 9.67 Å². The lowest BCUT2D eigenvalue weighted by Crippen LogP contribution is -2.20. The largest absolute Gasteiger partial charge is 0.478 e. The second kappa shape index (κ2) is 4.37. The summed E-state index contributed by atoms with van der Waals surface area (Å²) >= 11 is 0. The summed E-state index contributed by atoms with van der Waals surface area (Å²) in [4.78, 5) is 16.1. The predicted molar refractivity (Wildman–Crippen MR) is 73.7 cm³/mol. The van der Waals surface area contributed by atoms with Gasteiger partial charge in [-0.05, 0) is 31.4 Å². The van der Waals surface area contributed by atoms with E-state index >= 15 is 0 Å². The van der Waals surface area contributed by atoms with Crippen molar-refractivity contribution in [1.29, 1.82) is 0 Å². The topological polar surface area (TPSA) is 55.1 Å². The number of hydrogen-bond acceptors (Lipinski definition) is 2. The van der Waals surface area contributed by atoms with Crippen LogP contribution in [0.1, 0.15) is 61.3 Å². The molecule has 1 saturated carbocycles. The van der Waals surface area contributed by atoms with Crippen molar-refractivity contribution < 1.29 is 9.90 Å². The molecular weight excluding hydrogens is 240 g/mol. The Morgan fingerprint density at radius 2 is 2.16 bits per heavy atom. The molecule has 0 radical (unpaired) electrons. The maximum absolute atomic E-state index is 11.4. The molecular formula is C15H18N2O2. The first kappa shape index (κ1) is 12.2. The molecule has 0 saturated heterocycles. The maximum Gasteiger partial charge on any atom is 0.337 e. The lowest BCUT2D eigenvalue weighted by molar-refractivity contribution is 0.0698. The van der Waals surface area contributed by atoms with E-state index in [0.717, 1.165) is 29.7 Å². The van der Waals surface area contributed by atoms with Gasteiger partial charge in [-0.15, -0.1) is 0 Å². The SMILES string of the molecule is CC(C)c1nc2cccc(C(=O)O)c2n1C1CCC1. The Labute approximate surface area is 112 Å². The van der Waals surface area contributed by atoms with Crippen LogP contribution in [0.3, 0.4) is 0 Å². The summed E-state index contributed by atoms with van der Waals surface area (Å²) in [5.74, 6) is 0.435. The third-order valence-electron chi connectivity index (χ3n) is 3.92. The van der Waals surface area contributed by atoms with Crippen LogP contribution in [0.5, 0.6) is 0 Å². The Hall–Kier alpha value is -1.84. The van der Waals surface area contributed by atoms with Crippen LogP contribution in [-0.2, 0) is 0 Å². The van der Waals surface area contributed by atoms with Crippen LogP contribution in [-0.4, -0.2) is 20.6 Å². The molecule has 1 aromatic carbocycles. The number of nitrogens with zero attached hydrogens (tertiary/aromatic N) is 2. The molecule has 0 aliphatic heterocycles. The minimum absolute atomic E-state index is 0.301. The van der Waals surface area contributed by atoms with Crippen molar-refractivity contribution in [3.05, 3.63) is 29.6 Å². The molecule has 2 aromatic rings. The lowest BCUT2D eigenvalue weighted by Gasteiger charge is -2.30. The molecule has 1 N–H and O–H groups in total. The summed E-state index contributed by atoms with van der Waals surface area (Å²) in [6, 6.07) is 5.77. The third kappa shape index (κ3) is 1.82. The number of hydrogen-bond donors (Lipinski definition) is 1. The third-order valence-corrected chi connectivity index (χ3v) is 3.92. The average molecular weight is 258 g/mol. The Balaban J connectivity index is 2.32. The lowest BCUT2D eigenvalue weighted by atomic mass is 9.92. The van der Waals surface area contributed by atoms with Gasteiger partial charge in [0, 0.05) is 12.0 Å². The number of carboxylic acid groups (broad SMARTS) is 1. The number of imidazole rings is 1. The van der Waals surface area contributed by atoms with Gasteiger partial charge in [-0.2, -0.15) is 0 Å². The molecule has 1 aromatic heterocycles. The van der Waals surface area contributed by atoms with Gasteiger partial charge >= 0.3 is 5.97 Å². The van der Waals surface area contributed by atoms with Crippen molar-refractivity contribution in [3.63, 3.8) is 0 Å². The van der Waals surface area contributed by atoms with Crippen LogP contribution >= 0.6 is 0 Å². The minimum Gasteiger partial charge on any atom is -0.478 e. The van der Waals surface area contributed by atoms with E-state index < -0.39 is 5.97 Å².